The van der Waals surface area contributed by atoms with E-state index in [1.54, 1.807) is 16.7 Å². The molecule has 208 valence electrons. The summed E-state index contributed by atoms with van der Waals surface area (Å²) in [6, 6.07) is 15.8. The van der Waals surface area contributed by atoms with Crippen molar-refractivity contribution in [2.75, 3.05) is 52.4 Å². The second kappa shape index (κ2) is 13.1. The van der Waals surface area contributed by atoms with Crippen LogP contribution in [0.3, 0.4) is 0 Å². The molecule has 1 fully saturated rings. The number of rotatable bonds is 9. The maximum atomic E-state index is 13.4. The van der Waals surface area contributed by atoms with E-state index in [2.05, 4.69) is 15.5 Å². The van der Waals surface area contributed by atoms with Gasteiger partial charge in [-0.15, -0.1) is 0 Å². The zero-order valence-electron chi connectivity index (χ0n) is 22.8. The van der Waals surface area contributed by atoms with Crippen LogP contribution in [0, 0.1) is 0 Å². The Morgan fingerprint density at radius 3 is 2.36 bits per heavy atom. The maximum Gasteiger partial charge on any atom is 0.338 e. The Labute approximate surface area is 229 Å². The highest BCUT2D eigenvalue weighted by Crippen LogP contribution is 2.34. The van der Waals surface area contributed by atoms with Gasteiger partial charge in [0.2, 0.25) is 0 Å². The highest BCUT2D eigenvalue weighted by atomic mass is 16.5. The summed E-state index contributed by atoms with van der Waals surface area (Å²) in [6.45, 7) is 9.49. The lowest BCUT2D eigenvalue weighted by molar-refractivity contribution is -0.139. The molecule has 1 atom stereocenters. The normalized spacial score (nSPS) is 18.0. The molecule has 0 radical (unpaired) electrons. The summed E-state index contributed by atoms with van der Waals surface area (Å²) in [5.41, 5.74) is 1.74. The number of para-hydroxylation sites is 1. The monoisotopic (exact) mass is 535 g/mol. The molecule has 2 aromatic carbocycles. The van der Waals surface area contributed by atoms with Crippen molar-refractivity contribution >= 4 is 18.0 Å². The van der Waals surface area contributed by atoms with Gasteiger partial charge in [0, 0.05) is 51.5 Å². The zero-order valence-corrected chi connectivity index (χ0v) is 22.8. The van der Waals surface area contributed by atoms with Gasteiger partial charge in [-0.25, -0.2) is 14.4 Å². The van der Waals surface area contributed by atoms with Crippen LogP contribution in [0.5, 0.6) is 11.5 Å². The molecular formula is C29H37N5O5. The Morgan fingerprint density at radius 1 is 0.974 bits per heavy atom. The van der Waals surface area contributed by atoms with Gasteiger partial charge >= 0.3 is 18.0 Å². The van der Waals surface area contributed by atoms with Crippen molar-refractivity contribution in [3.05, 3.63) is 71.4 Å². The largest absolute Gasteiger partial charge is 0.463 e. The highest BCUT2D eigenvalue weighted by molar-refractivity contribution is 5.95. The molecule has 1 saturated heterocycles. The molecule has 10 nitrogen and oxygen atoms in total. The maximum absolute atomic E-state index is 13.4. The Kier molecular flexibility index (Phi) is 9.43. The van der Waals surface area contributed by atoms with Crippen LogP contribution in [0.15, 0.2) is 65.9 Å². The van der Waals surface area contributed by atoms with Crippen LogP contribution < -0.4 is 15.4 Å². The summed E-state index contributed by atoms with van der Waals surface area (Å²) in [5.74, 6) is 0.816. The number of esters is 1. The molecule has 2 aliphatic heterocycles. The number of ether oxygens (including phenoxy) is 2. The first kappa shape index (κ1) is 28.0. The predicted molar refractivity (Wildman–Crippen MR) is 147 cm³/mol. The number of hydrogen-bond acceptors (Lipinski definition) is 6. The molecule has 2 aliphatic rings. The molecule has 39 heavy (non-hydrogen) atoms. The van der Waals surface area contributed by atoms with Crippen LogP contribution >= 0.6 is 0 Å². The predicted octanol–water partition coefficient (Wildman–Crippen LogP) is 3.73. The number of carbonyl (C=O) groups is 3. The van der Waals surface area contributed by atoms with Gasteiger partial charge in [-0.1, -0.05) is 30.3 Å². The quantitative estimate of drug-likeness (QED) is 0.475. The van der Waals surface area contributed by atoms with Gasteiger partial charge in [0.25, 0.3) is 0 Å². The van der Waals surface area contributed by atoms with E-state index in [-0.39, 0.29) is 18.7 Å². The van der Waals surface area contributed by atoms with E-state index in [4.69, 9.17) is 9.47 Å². The first-order valence-electron chi connectivity index (χ1n) is 13.5. The van der Waals surface area contributed by atoms with Gasteiger partial charge in [0.1, 0.15) is 11.5 Å². The number of nitrogens with one attached hydrogen (secondary N) is 2. The third-order valence-electron chi connectivity index (χ3n) is 6.78. The fourth-order valence-corrected chi connectivity index (χ4v) is 4.87. The Bertz CT molecular complexity index is 1190. The van der Waals surface area contributed by atoms with Gasteiger partial charge < -0.3 is 25.0 Å². The molecule has 0 spiro atoms. The van der Waals surface area contributed by atoms with E-state index in [0.29, 0.717) is 74.1 Å². The topological polar surface area (TPSA) is 103 Å². The lowest BCUT2D eigenvalue weighted by atomic mass is 9.94. The van der Waals surface area contributed by atoms with Gasteiger partial charge in [0.15, 0.2) is 0 Å². The molecule has 4 amide bonds. The van der Waals surface area contributed by atoms with Gasteiger partial charge in [-0.3, -0.25) is 9.80 Å². The summed E-state index contributed by atoms with van der Waals surface area (Å²) in [6.07, 6.45) is 0. The number of nitrogens with zero attached hydrogens (tertiary/aromatic N) is 3. The Hall–Kier alpha value is -4.05. The first-order valence-corrected chi connectivity index (χ1v) is 13.5. The fourth-order valence-electron chi connectivity index (χ4n) is 4.87. The minimum Gasteiger partial charge on any atom is -0.463 e. The third-order valence-corrected chi connectivity index (χ3v) is 6.78. The van der Waals surface area contributed by atoms with Crippen LogP contribution in [0.25, 0.3) is 0 Å². The average molecular weight is 536 g/mol. The molecule has 0 bridgehead atoms. The molecule has 2 aromatic rings. The van der Waals surface area contributed by atoms with Crippen LogP contribution in [0.1, 0.15) is 32.4 Å². The van der Waals surface area contributed by atoms with E-state index >= 15 is 0 Å². The van der Waals surface area contributed by atoms with Crippen molar-refractivity contribution in [1.82, 2.24) is 25.3 Å². The number of benzene rings is 2. The number of amides is 4. The standard InChI is InChI=1S/C29H37N5O5/c1-4-30-28(36)33-17-15-32(16-18-33)20-24-25(27(35)38-6-3)26(31-29(37)34(24)5-2)21-11-10-14-23(19-21)39-22-12-8-7-9-13-22/h7-14,19,26H,4-6,15-18,20H2,1-3H3,(H,30,36)(H,31,37). The van der Waals surface area contributed by atoms with E-state index in [1.165, 1.54) is 0 Å². The molecular weight excluding hydrogens is 498 g/mol. The number of hydrogen-bond donors (Lipinski definition) is 2. The van der Waals surface area contributed by atoms with Crippen molar-refractivity contribution in [3.8, 4) is 11.5 Å². The van der Waals surface area contributed by atoms with Crippen LogP contribution in [-0.2, 0) is 9.53 Å². The average Bonchev–Trinajstić information content (AvgIpc) is 2.94. The third kappa shape index (κ3) is 6.69. The Balaban J connectivity index is 1.65. The smallest absolute Gasteiger partial charge is 0.338 e. The van der Waals surface area contributed by atoms with Crippen LogP contribution in [0.4, 0.5) is 9.59 Å². The molecule has 0 aliphatic carbocycles. The lowest BCUT2D eigenvalue weighted by Crippen LogP contribution is -2.55. The second-order valence-corrected chi connectivity index (χ2v) is 9.29. The summed E-state index contributed by atoms with van der Waals surface area (Å²) in [7, 11) is 0. The zero-order chi connectivity index (χ0) is 27.8. The lowest BCUT2D eigenvalue weighted by Gasteiger charge is -2.40. The number of likely N-dealkylation sites (N-methyl/N-ethyl adjacent to an activating group) is 1. The number of urea groups is 2. The molecule has 2 N–H and O–H groups in total. The summed E-state index contributed by atoms with van der Waals surface area (Å²) in [5, 5.41) is 5.85. The van der Waals surface area contributed by atoms with E-state index in [9.17, 15) is 14.4 Å². The van der Waals surface area contributed by atoms with Crippen molar-refractivity contribution in [2.24, 2.45) is 0 Å². The van der Waals surface area contributed by atoms with Gasteiger partial charge in [0.05, 0.1) is 18.2 Å². The molecule has 10 heteroatoms. The Morgan fingerprint density at radius 2 is 1.69 bits per heavy atom. The summed E-state index contributed by atoms with van der Waals surface area (Å²) >= 11 is 0. The summed E-state index contributed by atoms with van der Waals surface area (Å²) < 4.78 is 11.5. The SMILES string of the molecule is CCNC(=O)N1CCN(CC2=C(C(=O)OCC)C(c3cccc(Oc4ccccc4)c3)NC(=O)N2CC)CC1. The van der Waals surface area contributed by atoms with Crippen molar-refractivity contribution in [1.29, 1.82) is 0 Å². The van der Waals surface area contributed by atoms with Gasteiger partial charge in [-0.05, 0) is 50.6 Å². The fraction of sp³-hybridized carbons (Fsp3) is 0.414. The molecule has 0 aromatic heterocycles. The molecule has 2 heterocycles. The molecule has 1 unspecified atom stereocenters. The van der Waals surface area contributed by atoms with Crippen LogP contribution in [-0.4, -0.2) is 85.2 Å². The molecule has 0 saturated carbocycles. The van der Waals surface area contributed by atoms with Crippen molar-refractivity contribution in [3.63, 3.8) is 0 Å². The summed E-state index contributed by atoms with van der Waals surface area (Å²) in [4.78, 5) is 44.5. The minimum atomic E-state index is -0.703. The highest BCUT2D eigenvalue weighted by Gasteiger charge is 2.38. The van der Waals surface area contributed by atoms with Crippen LogP contribution in [0.2, 0.25) is 0 Å². The number of carbonyl (C=O) groups excluding carboxylic acids is 3. The van der Waals surface area contributed by atoms with Gasteiger partial charge in [-0.2, -0.15) is 0 Å². The van der Waals surface area contributed by atoms with E-state index in [1.807, 2.05) is 68.4 Å². The van der Waals surface area contributed by atoms with Crippen molar-refractivity contribution < 1.29 is 23.9 Å². The van der Waals surface area contributed by atoms with E-state index < -0.39 is 12.0 Å². The second-order valence-electron chi connectivity index (χ2n) is 9.29. The minimum absolute atomic E-state index is 0.0755. The first-order chi connectivity index (χ1) is 18.9. The van der Waals surface area contributed by atoms with E-state index in [0.717, 1.165) is 0 Å². The number of piperazine rings is 1. The molecule has 4 rings (SSSR count). The van der Waals surface area contributed by atoms with Crippen molar-refractivity contribution in [2.45, 2.75) is 26.8 Å².